The summed E-state index contributed by atoms with van der Waals surface area (Å²) in [5.74, 6) is -0.569. The molecule has 8 nitrogen and oxygen atoms in total. The first-order chi connectivity index (χ1) is 15.5. The van der Waals surface area contributed by atoms with Crippen LogP contribution < -0.4 is 10.0 Å². The van der Waals surface area contributed by atoms with E-state index in [-0.39, 0.29) is 33.9 Å². The van der Waals surface area contributed by atoms with Gasteiger partial charge in [-0.2, -0.15) is 13.2 Å². The highest BCUT2D eigenvalue weighted by molar-refractivity contribution is 7.92. The number of hydrogen-bond donors (Lipinski definition) is 2. The third kappa shape index (κ3) is 6.07. The Kier molecular flexibility index (Phi) is 6.68. The van der Waals surface area contributed by atoms with Crippen LogP contribution in [0.25, 0.3) is 0 Å². The largest absolute Gasteiger partial charge is 0.416 e. The molecule has 172 valence electrons. The van der Waals surface area contributed by atoms with Gasteiger partial charge in [0.2, 0.25) is 0 Å². The van der Waals surface area contributed by atoms with Crippen molar-refractivity contribution in [3.05, 3.63) is 99.6 Å². The van der Waals surface area contributed by atoms with Crippen LogP contribution >= 0.6 is 0 Å². The average molecular weight is 479 g/mol. The van der Waals surface area contributed by atoms with Gasteiger partial charge >= 0.3 is 6.18 Å². The second kappa shape index (κ2) is 9.28. The van der Waals surface area contributed by atoms with Crippen LogP contribution in [0.2, 0.25) is 0 Å². The van der Waals surface area contributed by atoms with Crippen LogP contribution in [0.5, 0.6) is 0 Å². The van der Waals surface area contributed by atoms with Crippen molar-refractivity contribution < 1.29 is 31.3 Å². The number of nitrogens with one attached hydrogen (secondary N) is 2. The first-order valence-electron chi connectivity index (χ1n) is 9.27. The van der Waals surface area contributed by atoms with Gasteiger partial charge in [-0.3, -0.25) is 19.6 Å². The van der Waals surface area contributed by atoms with Crippen molar-refractivity contribution in [2.45, 2.75) is 17.6 Å². The van der Waals surface area contributed by atoms with E-state index in [4.69, 9.17) is 0 Å². The maximum absolute atomic E-state index is 12.8. The van der Waals surface area contributed by atoms with Crippen LogP contribution in [0.15, 0.2) is 77.7 Å². The van der Waals surface area contributed by atoms with Crippen LogP contribution in [0, 0.1) is 10.1 Å². The maximum atomic E-state index is 12.8. The minimum absolute atomic E-state index is 0.107. The van der Waals surface area contributed by atoms with E-state index in [1.807, 2.05) is 0 Å². The molecule has 0 radical (unpaired) electrons. The van der Waals surface area contributed by atoms with Gasteiger partial charge in [0, 0.05) is 29.9 Å². The Labute approximate surface area is 186 Å². The van der Waals surface area contributed by atoms with E-state index in [0.29, 0.717) is 0 Å². The summed E-state index contributed by atoms with van der Waals surface area (Å²) in [5.41, 5.74) is -0.684. The topological polar surface area (TPSA) is 118 Å². The van der Waals surface area contributed by atoms with Gasteiger partial charge in [-0.05, 0) is 48.0 Å². The lowest BCUT2D eigenvalue weighted by atomic mass is 10.1. The molecule has 0 aliphatic rings. The minimum Gasteiger partial charge on any atom is -0.348 e. The van der Waals surface area contributed by atoms with Gasteiger partial charge in [-0.25, -0.2) is 8.42 Å². The quantitative estimate of drug-likeness (QED) is 0.386. The normalized spacial score (nSPS) is 11.6. The number of rotatable bonds is 7. The Morgan fingerprint density at radius 2 is 1.64 bits per heavy atom. The summed E-state index contributed by atoms with van der Waals surface area (Å²) in [4.78, 5) is 22.1. The van der Waals surface area contributed by atoms with Gasteiger partial charge in [0.15, 0.2) is 0 Å². The maximum Gasteiger partial charge on any atom is 0.416 e. The first-order valence-corrected chi connectivity index (χ1v) is 10.8. The highest BCUT2D eigenvalue weighted by Gasteiger charge is 2.30. The predicted molar refractivity (Wildman–Crippen MR) is 113 cm³/mol. The molecule has 0 unspecified atom stereocenters. The van der Waals surface area contributed by atoms with E-state index in [1.165, 1.54) is 48.5 Å². The van der Waals surface area contributed by atoms with Crippen molar-refractivity contribution in [2.24, 2.45) is 0 Å². The lowest BCUT2D eigenvalue weighted by Gasteiger charge is -2.11. The molecule has 3 aromatic rings. The number of halogens is 3. The van der Waals surface area contributed by atoms with E-state index >= 15 is 0 Å². The standard InChI is InChI=1S/C21H16F3N3O5S/c22-21(23,24)16-4-1-3-14(11-16)13-25-20(28)15-7-9-17(10-8-15)26-33(31,32)19-6-2-5-18(12-19)27(29)30/h1-12,26H,13H2,(H,25,28). The number of amides is 1. The smallest absolute Gasteiger partial charge is 0.348 e. The molecule has 0 aromatic heterocycles. The number of sulfonamides is 1. The van der Waals surface area contributed by atoms with Crippen molar-refractivity contribution in [1.82, 2.24) is 5.32 Å². The number of benzene rings is 3. The lowest BCUT2D eigenvalue weighted by Crippen LogP contribution is -2.23. The monoisotopic (exact) mass is 479 g/mol. The van der Waals surface area contributed by atoms with Crippen LogP contribution in [0.3, 0.4) is 0 Å². The van der Waals surface area contributed by atoms with Gasteiger partial charge in [0.25, 0.3) is 21.6 Å². The van der Waals surface area contributed by atoms with Gasteiger partial charge < -0.3 is 5.32 Å². The fourth-order valence-corrected chi connectivity index (χ4v) is 3.91. The number of nitro benzene ring substituents is 1. The summed E-state index contributed by atoms with van der Waals surface area (Å²) in [7, 11) is -4.11. The molecule has 2 N–H and O–H groups in total. The van der Waals surface area contributed by atoms with E-state index in [2.05, 4.69) is 10.0 Å². The first kappa shape index (κ1) is 23.7. The van der Waals surface area contributed by atoms with Gasteiger partial charge in [-0.1, -0.05) is 18.2 Å². The summed E-state index contributed by atoms with van der Waals surface area (Å²) in [5, 5.41) is 13.3. The molecule has 12 heteroatoms. The Hall–Kier alpha value is -3.93. The highest BCUT2D eigenvalue weighted by Crippen LogP contribution is 2.29. The fourth-order valence-electron chi connectivity index (χ4n) is 2.81. The predicted octanol–water partition coefficient (Wildman–Crippen LogP) is 4.34. The Morgan fingerprint density at radius 1 is 0.970 bits per heavy atom. The molecule has 1 amide bonds. The number of nitrogens with zero attached hydrogens (tertiary/aromatic N) is 1. The van der Waals surface area contributed by atoms with E-state index < -0.39 is 32.6 Å². The summed E-state index contributed by atoms with van der Waals surface area (Å²) in [6, 6.07) is 14.3. The molecule has 0 spiro atoms. The van der Waals surface area contributed by atoms with Crippen LogP contribution in [0.1, 0.15) is 21.5 Å². The number of non-ortho nitro benzene ring substituents is 1. The molecule has 3 aromatic carbocycles. The molecular formula is C21H16F3N3O5S. The molecule has 0 aliphatic heterocycles. The van der Waals surface area contributed by atoms with Crippen molar-refractivity contribution in [1.29, 1.82) is 0 Å². The Bertz CT molecular complexity index is 1290. The summed E-state index contributed by atoms with van der Waals surface area (Å²) < 4.78 is 65.5. The summed E-state index contributed by atoms with van der Waals surface area (Å²) >= 11 is 0. The lowest BCUT2D eigenvalue weighted by molar-refractivity contribution is -0.385. The molecule has 3 rings (SSSR count). The molecule has 0 saturated heterocycles. The van der Waals surface area contributed by atoms with Crippen molar-refractivity contribution >= 4 is 27.3 Å². The number of alkyl halides is 3. The van der Waals surface area contributed by atoms with Crippen molar-refractivity contribution in [2.75, 3.05) is 4.72 Å². The zero-order valence-electron chi connectivity index (χ0n) is 16.7. The third-order valence-corrected chi connectivity index (χ3v) is 5.82. The van der Waals surface area contributed by atoms with Crippen LogP contribution in [-0.2, 0) is 22.7 Å². The Balaban J connectivity index is 1.66. The molecule has 0 fully saturated rings. The number of anilines is 1. The van der Waals surface area contributed by atoms with E-state index in [9.17, 15) is 36.5 Å². The average Bonchev–Trinajstić information content (AvgIpc) is 2.77. The molecule has 0 aliphatic carbocycles. The number of carbonyl (C=O) groups excluding carboxylic acids is 1. The molecule has 0 heterocycles. The minimum atomic E-state index is -4.49. The number of hydrogen-bond acceptors (Lipinski definition) is 5. The zero-order chi connectivity index (χ0) is 24.2. The van der Waals surface area contributed by atoms with Crippen molar-refractivity contribution in [3.63, 3.8) is 0 Å². The molecule has 33 heavy (non-hydrogen) atoms. The summed E-state index contributed by atoms with van der Waals surface area (Å²) in [6.07, 6.45) is -4.49. The van der Waals surface area contributed by atoms with Gasteiger partial charge in [0.05, 0.1) is 15.4 Å². The number of carbonyl (C=O) groups is 1. The molecule has 0 bridgehead atoms. The zero-order valence-corrected chi connectivity index (χ0v) is 17.5. The SMILES string of the molecule is O=C(NCc1cccc(C(F)(F)F)c1)c1ccc(NS(=O)(=O)c2cccc([N+](=O)[O-])c2)cc1. The van der Waals surface area contributed by atoms with Crippen molar-refractivity contribution in [3.8, 4) is 0 Å². The molecule has 0 saturated carbocycles. The van der Waals surface area contributed by atoms with Crippen LogP contribution in [-0.4, -0.2) is 19.2 Å². The fraction of sp³-hybridized carbons (Fsp3) is 0.0952. The number of nitro groups is 1. The van der Waals surface area contributed by atoms with Gasteiger partial charge in [0.1, 0.15) is 0 Å². The third-order valence-electron chi connectivity index (χ3n) is 4.45. The van der Waals surface area contributed by atoms with Crippen LogP contribution in [0.4, 0.5) is 24.5 Å². The molecular weight excluding hydrogens is 463 g/mol. The van der Waals surface area contributed by atoms with Gasteiger partial charge in [-0.15, -0.1) is 0 Å². The Morgan fingerprint density at radius 3 is 2.27 bits per heavy atom. The molecule has 0 atom stereocenters. The summed E-state index contributed by atoms with van der Waals surface area (Å²) in [6.45, 7) is -0.135. The second-order valence-corrected chi connectivity index (χ2v) is 8.50. The van der Waals surface area contributed by atoms with E-state index in [1.54, 1.807) is 0 Å². The second-order valence-electron chi connectivity index (χ2n) is 6.82. The highest BCUT2D eigenvalue weighted by atomic mass is 32.2. The van der Waals surface area contributed by atoms with E-state index in [0.717, 1.165) is 24.3 Å².